The highest BCUT2D eigenvalue weighted by Gasteiger charge is 2.60. The van der Waals surface area contributed by atoms with E-state index in [2.05, 4.69) is 43.3 Å². The van der Waals surface area contributed by atoms with E-state index < -0.39 is 0 Å². The van der Waals surface area contributed by atoms with Crippen LogP contribution in [0.3, 0.4) is 0 Å². The van der Waals surface area contributed by atoms with Crippen molar-refractivity contribution in [2.45, 2.75) is 32.1 Å². The lowest BCUT2D eigenvalue weighted by molar-refractivity contribution is 0.185. The molecule has 98 valence electrons. The normalized spacial score (nSPS) is 49.0. The summed E-state index contributed by atoms with van der Waals surface area (Å²) in [4.78, 5) is 0. The summed E-state index contributed by atoms with van der Waals surface area (Å²) in [7, 11) is 0. The fourth-order valence-electron chi connectivity index (χ4n) is 6.30. The Labute approximate surface area is 115 Å². The van der Waals surface area contributed by atoms with Crippen molar-refractivity contribution in [1.29, 1.82) is 0 Å². The Morgan fingerprint density at radius 1 is 0.947 bits per heavy atom. The summed E-state index contributed by atoms with van der Waals surface area (Å²) in [6.45, 7) is 2.24. The molecular weight excluding hydrogens is 228 g/mol. The summed E-state index contributed by atoms with van der Waals surface area (Å²) in [5, 5.41) is 0. The second-order valence-corrected chi connectivity index (χ2v) is 7.52. The van der Waals surface area contributed by atoms with Gasteiger partial charge in [-0.2, -0.15) is 0 Å². The minimum atomic E-state index is 0.874. The quantitative estimate of drug-likeness (QED) is 0.506. The van der Waals surface area contributed by atoms with Crippen LogP contribution in [0.5, 0.6) is 0 Å². The molecule has 4 bridgehead atoms. The molecular formula is C19H22. The molecule has 0 heterocycles. The van der Waals surface area contributed by atoms with Gasteiger partial charge in [0.25, 0.3) is 0 Å². The van der Waals surface area contributed by atoms with Crippen molar-refractivity contribution in [3.05, 3.63) is 47.5 Å². The second-order valence-electron chi connectivity index (χ2n) is 7.52. The number of allylic oxidation sites excluding steroid dienone is 2. The number of hydrogen-bond donors (Lipinski definition) is 0. The van der Waals surface area contributed by atoms with E-state index in [0.717, 1.165) is 41.4 Å². The van der Waals surface area contributed by atoms with Crippen molar-refractivity contribution in [2.75, 3.05) is 0 Å². The van der Waals surface area contributed by atoms with Gasteiger partial charge in [0.1, 0.15) is 0 Å². The van der Waals surface area contributed by atoms with Crippen molar-refractivity contribution in [3.63, 3.8) is 0 Å². The van der Waals surface area contributed by atoms with Crippen molar-refractivity contribution in [2.24, 2.45) is 35.5 Å². The van der Waals surface area contributed by atoms with Gasteiger partial charge in [-0.1, -0.05) is 42.0 Å². The molecule has 4 aliphatic rings. The van der Waals surface area contributed by atoms with Crippen LogP contribution < -0.4 is 0 Å². The highest BCUT2D eigenvalue weighted by molar-refractivity contribution is 5.31. The minimum absolute atomic E-state index is 0.874. The van der Waals surface area contributed by atoms with Gasteiger partial charge < -0.3 is 0 Å². The fourth-order valence-corrected chi connectivity index (χ4v) is 6.30. The van der Waals surface area contributed by atoms with E-state index in [0.29, 0.717) is 0 Å². The largest absolute Gasteiger partial charge is 0.0848 e. The lowest BCUT2D eigenvalue weighted by Gasteiger charge is -2.37. The zero-order valence-corrected chi connectivity index (χ0v) is 11.6. The Morgan fingerprint density at radius 3 is 2.63 bits per heavy atom. The molecule has 1 aromatic rings. The molecule has 0 aliphatic heterocycles. The molecule has 0 saturated heterocycles. The van der Waals surface area contributed by atoms with Crippen LogP contribution in [0.25, 0.3) is 0 Å². The Morgan fingerprint density at radius 2 is 1.79 bits per heavy atom. The molecule has 5 rings (SSSR count). The van der Waals surface area contributed by atoms with Gasteiger partial charge in [-0.3, -0.25) is 0 Å². The fraction of sp³-hybridized carbons (Fsp3) is 0.579. The van der Waals surface area contributed by atoms with Crippen LogP contribution in [0.15, 0.2) is 36.4 Å². The van der Waals surface area contributed by atoms with Gasteiger partial charge in [0.2, 0.25) is 0 Å². The minimum Gasteiger partial charge on any atom is -0.0848 e. The number of fused-ring (bicyclic) bond motifs is 9. The molecule has 0 nitrogen and oxygen atoms in total. The molecule has 0 radical (unpaired) electrons. The van der Waals surface area contributed by atoms with Gasteiger partial charge in [0.05, 0.1) is 0 Å². The summed E-state index contributed by atoms with van der Waals surface area (Å²) < 4.78 is 0. The van der Waals surface area contributed by atoms with Gasteiger partial charge >= 0.3 is 0 Å². The maximum Gasteiger partial charge on any atom is -0.0128 e. The van der Waals surface area contributed by atoms with Crippen molar-refractivity contribution in [3.8, 4) is 0 Å². The van der Waals surface area contributed by atoms with Crippen LogP contribution >= 0.6 is 0 Å². The number of hydrogen-bond acceptors (Lipinski definition) is 0. The third-order valence-corrected chi connectivity index (χ3v) is 6.74. The number of rotatable bonds is 1. The third kappa shape index (κ3) is 1.30. The first-order valence-electron chi connectivity index (χ1n) is 8.06. The Hall–Kier alpha value is -1.04. The van der Waals surface area contributed by atoms with Gasteiger partial charge in [-0.15, -0.1) is 0 Å². The molecule has 0 N–H and O–H groups in total. The molecule has 0 aromatic heterocycles. The standard InChI is InChI=1S/C19H22/c1-11-3-2-4-12(7-11)16-9-15-10-17(16)19-14-6-5-13(8-14)18(15)19/h2-7,13-19H,8-10H2,1H3. The molecule has 0 heteroatoms. The highest BCUT2D eigenvalue weighted by Crippen LogP contribution is 2.68. The third-order valence-electron chi connectivity index (χ3n) is 6.74. The van der Waals surface area contributed by atoms with Crippen LogP contribution in [0.2, 0.25) is 0 Å². The van der Waals surface area contributed by atoms with E-state index in [4.69, 9.17) is 0 Å². The molecule has 0 amide bonds. The number of benzene rings is 1. The number of aryl methyl sites for hydroxylation is 1. The molecule has 0 spiro atoms. The maximum absolute atomic E-state index is 2.56. The Bertz CT molecular complexity index is 555. The van der Waals surface area contributed by atoms with E-state index in [1.165, 1.54) is 24.8 Å². The first-order valence-corrected chi connectivity index (χ1v) is 8.06. The zero-order chi connectivity index (χ0) is 12.6. The molecule has 7 unspecified atom stereocenters. The Kier molecular flexibility index (Phi) is 1.99. The lowest BCUT2D eigenvalue weighted by atomic mass is 9.68. The van der Waals surface area contributed by atoms with Crippen molar-refractivity contribution < 1.29 is 0 Å². The summed E-state index contributed by atoms with van der Waals surface area (Å²) in [6.07, 6.45) is 9.60. The predicted octanol–water partition coefficient (Wildman–Crippen LogP) is 4.56. The van der Waals surface area contributed by atoms with Gasteiger partial charge in [-0.25, -0.2) is 0 Å². The summed E-state index contributed by atoms with van der Waals surface area (Å²) in [5.41, 5.74) is 3.07. The van der Waals surface area contributed by atoms with Crippen LogP contribution in [-0.4, -0.2) is 0 Å². The van der Waals surface area contributed by atoms with Crippen molar-refractivity contribution in [1.82, 2.24) is 0 Å². The van der Waals surface area contributed by atoms with E-state index in [1.54, 1.807) is 5.56 Å². The first kappa shape index (κ1) is 10.7. The lowest BCUT2D eigenvalue weighted by Crippen LogP contribution is -2.30. The summed E-state index contributed by atoms with van der Waals surface area (Å²) >= 11 is 0. The topological polar surface area (TPSA) is 0 Å². The molecule has 7 atom stereocenters. The van der Waals surface area contributed by atoms with Gasteiger partial charge in [0, 0.05) is 0 Å². The molecule has 3 fully saturated rings. The Balaban J connectivity index is 1.52. The van der Waals surface area contributed by atoms with Crippen LogP contribution in [0.1, 0.15) is 36.3 Å². The molecule has 1 aromatic carbocycles. The summed E-state index contributed by atoms with van der Waals surface area (Å²) in [6, 6.07) is 9.33. The first-order chi connectivity index (χ1) is 9.31. The van der Waals surface area contributed by atoms with Crippen LogP contribution in [0, 0.1) is 42.4 Å². The van der Waals surface area contributed by atoms with Crippen LogP contribution in [0.4, 0.5) is 0 Å². The zero-order valence-electron chi connectivity index (χ0n) is 11.6. The smallest absolute Gasteiger partial charge is 0.0128 e. The van der Waals surface area contributed by atoms with Crippen molar-refractivity contribution >= 4 is 0 Å². The van der Waals surface area contributed by atoms with E-state index in [1.807, 2.05) is 0 Å². The maximum atomic E-state index is 2.56. The SMILES string of the molecule is Cc1cccc(C2CC3CC2C2C4C=CC(C4)C32)c1. The monoisotopic (exact) mass is 250 g/mol. The van der Waals surface area contributed by atoms with Crippen LogP contribution in [-0.2, 0) is 0 Å². The van der Waals surface area contributed by atoms with E-state index in [-0.39, 0.29) is 0 Å². The average molecular weight is 250 g/mol. The molecule has 3 saturated carbocycles. The average Bonchev–Trinajstić information content (AvgIpc) is 3.16. The second kappa shape index (κ2) is 3.53. The summed E-state index contributed by atoms with van der Waals surface area (Å²) in [5.74, 6) is 6.93. The predicted molar refractivity (Wildman–Crippen MR) is 77.9 cm³/mol. The van der Waals surface area contributed by atoms with Gasteiger partial charge in [0.15, 0.2) is 0 Å². The molecule has 19 heavy (non-hydrogen) atoms. The van der Waals surface area contributed by atoms with Gasteiger partial charge in [-0.05, 0) is 73.2 Å². The van der Waals surface area contributed by atoms with E-state index in [9.17, 15) is 0 Å². The molecule has 4 aliphatic carbocycles. The van der Waals surface area contributed by atoms with E-state index >= 15 is 0 Å². The highest BCUT2D eigenvalue weighted by atomic mass is 14.6.